The zero-order valence-electron chi connectivity index (χ0n) is 8.19. The van der Waals surface area contributed by atoms with Crippen LogP contribution < -0.4 is 0 Å². The van der Waals surface area contributed by atoms with Crippen molar-refractivity contribution in [2.24, 2.45) is 5.92 Å². The van der Waals surface area contributed by atoms with Gasteiger partial charge in [0.25, 0.3) is 0 Å². The molecule has 1 aromatic carbocycles. The van der Waals surface area contributed by atoms with Gasteiger partial charge in [0.2, 0.25) is 0 Å². The third-order valence-electron chi connectivity index (χ3n) is 2.80. The largest absolute Gasteiger partial charge is 0.416 e. The SMILES string of the molecule is Fc1cc(C2CC2CBr)cc(C(F)(F)F)c1. The summed E-state index contributed by atoms with van der Waals surface area (Å²) in [6.45, 7) is 0. The van der Waals surface area contributed by atoms with E-state index in [1.54, 1.807) is 0 Å². The van der Waals surface area contributed by atoms with Crippen LogP contribution in [0.5, 0.6) is 0 Å². The summed E-state index contributed by atoms with van der Waals surface area (Å²) >= 11 is 3.27. The number of hydrogen-bond acceptors (Lipinski definition) is 0. The van der Waals surface area contributed by atoms with Gasteiger partial charge in [-0.15, -0.1) is 0 Å². The van der Waals surface area contributed by atoms with Gasteiger partial charge in [-0.25, -0.2) is 4.39 Å². The lowest BCUT2D eigenvalue weighted by Gasteiger charge is -2.09. The van der Waals surface area contributed by atoms with E-state index in [4.69, 9.17) is 0 Å². The monoisotopic (exact) mass is 296 g/mol. The van der Waals surface area contributed by atoms with Gasteiger partial charge in [0.1, 0.15) is 5.82 Å². The van der Waals surface area contributed by atoms with E-state index >= 15 is 0 Å². The molecule has 1 saturated carbocycles. The van der Waals surface area contributed by atoms with Gasteiger partial charge in [-0.2, -0.15) is 13.2 Å². The molecule has 1 fully saturated rings. The van der Waals surface area contributed by atoms with E-state index in [2.05, 4.69) is 15.9 Å². The highest BCUT2D eigenvalue weighted by Gasteiger charge is 2.39. The van der Waals surface area contributed by atoms with Crippen LogP contribution in [-0.4, -0.2) is 5.33 Å². The first-order valence-electron chi connectivity index (χ1n) is 4.85. The Morgan fingerprint density at radius 2 is 1.94 bits per heavy atom. The summed E-state index contributed by atoms with van der Waals surface area (Å²) in [5, 5.41) is 0.746. The summed E-state index contributed by atoms with van der Waals surface area (Å²) in [5.41, 5.74) is -0.445. The Hall–Kier alpha value is -0.580. The molecule has 0 nitrogen and oxygen atoms in total. The molecule has 1 aliphatic carbocycles. The Bertz CT molecular complexity index is 399. The Labute approximate surface area is 98.8 Å². The molecule has 0 N–H and O–H groups in total. The fraction of sp³-hybridized carbons (Fsp3) is 0.455. The maximum Gasteiger partial charge on any atom is 0.416 e. The molecule has 1 aromatic rings. The highest BCUT2D eigenvalue weighted by atomic mass is 79.9. The molecule has 88 valence electrons. The summed E-state index contributed by atoms with van der Waals surface area (Å²) in [7, 11) is 0. The number of alkyl halides is 4. The minimum atomic E-state index is -4.48. The van der Waals surface area contributed by atoms with Gasteiger partial charge in [0, 0.05) is 5.33 Å². The van der Waals surface area contributed by atoms with E-state index in [0.29, 0.717) is 17.5 Å². The summed E-state index contributed by atoms with van der Waals surface area (Å²) in [6, 6.07) is 2.79. The van der Waals surface area contributed by atoms with Crippen molar-refractivity contribution in [2.45, 2.75) is 18.5 Å². The number of halogens is 5. The van der Waals surface area contributed by atoms with Crippen LogP contribution >= 0.6 is 15.9 Å². The first kappa shape index (κ1) is 11.9. The van der Waals surface area contributed by atoms with Gasteiger partial charge in [0.05, 0.1) is 5.56 Å². The Balaban J connectivity index is 2.31. The first-order chi connectivity index (χ1) is 7.41. The maximum atomic E-state index is 13.1. The van der Waals surface area contributed by atoms with E-state index in [1.807, 2.05) is 0 Å². The molecule has 0 spiro atoms. The number of hydrogen-bond donors (Lipinski definition) is 0. The van der Waals surface area contributed by atoms with E-state index in [1.165, 1.54) is 6.07 Å². The van der Waals surface area contributed by atoms with Crippen molar-refractivity contribution in [1.29, 1.82) is 0 Å². The third kappa shape index (κ3) is 2.39. The summed E-state index contributed by atoms with van der Waals surface area (Å²) < 4.78 is 50.4. The number of benzene rings is 1. The molecular formula is C11H9BrF4. The summed E-state index contributed by atoms with van der Waals surface area (Å²) in [4.78, 5) is 0. The molecule has 5 heteroatoms. The molecule has 1 aliphatic rings. The van der Waals surface area contributed by atoms with Crippen molar-refractivity contribution in [3.63, 3.8) is 0 Å². The molecule has 0 aliphatic heterocycles. The van der Waals surface area contributed by atoms with Crippen LogP contribution in [0.2, 0.25) is 0 Å². The predicted molar refractivity (Wildman–Crippen MR) is 56.0 cm³/mol. The van der Waals surface area contributed by atoms with Crippen molar-refractivity contribution in [3.05, 3.63) is 35.1 Å². The van der Waals surface area contributed by atoms with Crippen LogP contribution in [0.4, 0.5) is 17.6 Å². The van der Waals surface area contributed by atoms with Gasteiger partial charge in [0.15, 0.2) is 0 Å². The number of rotatable bonds is 2. The van der Waals surface area contributed by atoms with E-state index < -0.39 is 17.6 Å². The Morgan fingerprint density at radius 1 is 1.25 bits per heavy atom. The lowest BCUT2D eigenvalue weighted by molar-refractivity contribution is -0.137. The van der Waals surface area contributed by atoms with E-state index in [0.717, 1.165) is 17.8 Å². The van der Waals surface area contributed by atoms with Crippen molar-refractivity contribution in [1.82, 2.24) is 0 Å². The van der Waals surface area contributed by atoms with Gasteiger partial charge >= 0.3 is 6.18 Å². The lowest BCUT2D eigenvalue weighted by atomic mass is 10.1. The molecule has 0 heterocycles. The van der Waals surface area contributed by atoms with Crippen LogP contribution in [0.25, 0.3) is 0 Å². The molecule has 2 atom stereocenters. The smallest absolute Gasteiger partial charge is 0.207 e. The molecule has 0 bridgehead atoms. The van der Waals surface area contributed by atoms with Crippen LogP contribution in [0.3, 0.4) is 0 Å². The van der Waals surface area contributed by atoms with Gasteiger partial charge < -0.3 is 0 Å². The molecule has 0 saturated heterocycles. The van der Waals surface area contributed by atoms with Crippen LogP contribution in [0.15, 0.2) is 18.2 Å². The second-order valence-electron chi connectivity index (χ2n) is 4.03. The molecule has 0 radical (unpaired) electrons. The minimum absolute atomic E-state index is 0.0659. The van der Waals surface area contributed by atoms with Crippen molar-refractivity contribution < 1.29 is 17.6 Å². The lowest BCUT2D eigenvalue weighted by Crippen LogP contribution is -2.06. The van der Waals surface area contributed by atoms with Crippen LogP contribution in [0, 0.1) is 11.7 Å². The fourth-order valence-corrected chi connectivity index (χ4v) is 2.53. The van der Waals surface area contributed by atoms with Crippen molar-refractivity contribution in [3.8, 4) is 0 Å². The van der Waals surface area contributed by atoms with E-state index in [9.17, 15) is 17.6 Å². The second-order valence-corrected chi connectivity index (χ2v) is 4.68. The Kier molecular flexibility index (Phi) is 2.99. The highest BCUT2D eigenvalue weighted by molar-refractivity contribution is 9.09. The second kappa shape index (κ2) is 4.02. The topological polar surface area (TPSA) is 0 Å². The standard InChI is InChI=1S/C11H9BrF4/c12-5-7-3-10(7)6-1-8(11(14,15)16)4-9(13)2-6/h1-2,4,7,10H,3,5H2. The minimum Gasteiger partial charge on any atom is -0.207 e. The van der Waals surface area contributed by atoms with Gasteiger partial charge in [-0.05, 0) is 42.0 Å². The summed E-state index contributed by atoms with van der Waals surface area (Å²) in [5.74, 6) is -0.413. The predicted octanol–water partition coefficient (Wildman–Crippen LogP) is 4.34. The molecule has 0 amide bonds. The highest BCUT2D eigenvalue weighted by Crippen LogP contribution is 2.49. The first-order valence-corrected chi connectivity index (χ1v) is 5.97. The average molecular weight is 297 g/mol. The summed E-state index contributed by atoms with van der Waals surface area (Å²) in [6.07, 6.45) is -3.65. The van der Waals surface area contributed by atoms with Crippen LogP contribution in [0.1, 0.15) is 23.5 Å². The van der Waals surface area contributed by atoms with Crippen LogP contribution in [-0.2, 0) is 6.18 Å². The molecule has 2 rings (SSSR count). The Morgan fingerprint density at radius 3 is 2.44 bits per heavy atom. The van der Waals surface area contributed by atoms with Gasteiger partial charge in [-0.3, -0.25) is 0 Å². The van der Waals surface area contributed by atoms with Crippen molar-refractivity contribution >= 4 is 15.9 Å². The molecular weight excluding hydrogens is 288 g/mol. The maximum absolute atomic E-state index is 13.1. The van der Waals surface area contributed by atoms with E-state index in [-0.39, 0.29) is 5.92 Å². The van der Waals surface area contributed by atoms with Crippen molar-refractivity contribution in [2.75, 3.05) is 5.33 Å². The quantitative estimate of drug-likeness (QED) is 0.562. The zero-order valence-corrected chi connectivity index (χ0v) is 9.78. The molecule has 2 unspecified atom stereocenters. The zero-order chi connectivity index (χ0) is 11.9. The molecule has 0 aromatic heterocycles. The van der Waals surface area contributed by atoms with Gasteiger partial charge in [-0.1, -0.05) is 15.9 Å². The molecule has 16 heavy (non-hydrogen) atoms. The normalized spacial score (nSPS) is 24.6. The third-order valence-corrected chi connectivity index (χ3v) is 3.63. The fourth-order valence-electron chi connectivity index (χ4n) is 1.82. The average Bonchev–Trinajstić information content (AvgIpc) is 2.94.